The molecule has 0 saturated carbocycles. The summed E-state index contributed by atoms with van der Waals surface area (Å²) in [5.74, 6) is -0.160. The molecule has 0 bridgehead atoms. The van der Waals surface area contributed by atoms with E-state index in [1.807, 2.05) is 6.92 Å². The largest absolute Gasteiger partial charge is 0.495 e. The van der Waals surface area contributed by atoms with Gasteiger partial charge < -0.3 is 9.47 Å². The number of hydrogen-bond acceptors (Lipinski definition) is 5. The maximum absolute atomic E-state index is 12.6. The van der Waals surface area contributed by atoms with E-state index in [0.29, 0.717) is 17.9 Å². The number of carbonyl (C=O) groups excluding carboxylic acids is 1. The normalized spacial score (nSPS) is 11.0. The first kappa shape index (κ1) is 19.8. The molecule has 140 valence electrons. The molecule has 1 N–H and O–H groups in total. The van der Waals surface area contributed by atoms with Crippen LogP contribution in [0.3, 0.4) is 0 Å². The summed E-state index contributed by atoms with van der Waals surface area (Å²) in [5.41, 5.74) is 1.52. The second-order valence-corrected chi connectivity index (χ2v) is 7.48. The van der Waals surface area contributed by atoms with Crippen molar-refractivity contribution in [1.82, 2.24) is 0 Å². The topological polar surface area (TPSA) is 81.7 Å². The molecule has 0 spiro atoms. The molecule has 0 unspecified atom stereocenters. The number of nitrogens with one attached hydrogen (secondary N) is 1. The second kappa shape index (κ2) is 8.71. The number of ether oxygens (including phenoxy) is 2. The van der Waals surface area contributed by atoms with Gasteiger partial charge in [-0.2, -0.15) is 0 Å². The summed E-state index contributed by atoms with van der Waals surface area (Å²) in [6, 6.07) is 11.0. The zero-order valence-electron chi connectivity index (χ0n) is 15.1. The van der Waals surface area contributed by atoms with E-state index in [-0.39, 0.29) is 10.6 Å². The number of rotatable bonds is 8. The van der Waals surface area contributed by atoms with Crippen molar-refractivity contribution in [2.45, 2.75) is 31.6 Å². The van der Waals surface area contributed by atoms with E-state index in [0.717, 1.165) is 18.4 Å². The first-order chi connectivity index (χ1) is 12.4. The number of aryl methyl sites for hydroxylation is 1. The molecular formula is C19H23NO5S. The molecule has 0 fully saturated rings. The fourth-order valence-corrected chi connectivity index (χ4v) is 3.58. The van der Waals surface area contributed by atoms with Crippen molar-refractivity contribution in [1.29, 1.82) is 0 Å². The van der Waals surface area contributed by atoms with Gasteiger partial charge in [0.15, 0.2) is 0 Å². The van der Waals surface area contributed by atoms with Crippen molar-refractivity contribution < 1.29 is 22.7 Å². The molecule has 26 heavy (non-hydrogen) atoms. The van der Waals surface area contributed by atoms with Gasteiger partial charge in [0, 0.05) is 5.69 Å². The van der Waals surface area contributed by atoms with Gasteiger partial charge in [-0.3, -0.25) is 4.72 Å². The Morgan fingerprint density at radius 3 is 2.42 bits per heavy atom. The molecule has 0 aliphatic heterocycles. The zero-order valence-corrected chi connectivity index (χ0v) is 15.9. The number of esters is 1. The van der Waals surface area contributed by atoms with Crippen molar-refractivity contribution >= 4 is 21.7 Å². The first-order valence-electron chi connectivity index (χ1n) is 8.32. The minimum atomic E-state index is -3.82. The number of anilines is 1. The number of unbranched alkanes of at least 4 members (excludes halogenated alkanes) is 1. The van der Waals surface area contributed by atoms with Gasteiger partial charge in [0.1, 0.15) is 10.6 Å². The molecule has 6 nitrogen and oxygen atoms in total. The van der Waals surface area contributed by atoms with E-state index >= 15 is 0 Å². The van der Waals surface area contributed by atoms with Gasteiger partial charge in [0.25, 0.3) is 10.0 Å². The molecular weight excluding hydrogens is 354 g/mol. The van der Waals surface area contributed by atoms with Crippen LogP contribution < -0.4 is 9.46 Å². The molecule has 2 rings (SSSR count). The Kier molecular flexibility index (Phi) is 6.63. The van der Waals surface area contributed by atoms with Gasteiger partial charge in [0.2, 0.25) is 0 Å². The van der Waals surface area contributed by atoms with Crippen LogP contribution in [0, 0.1) is 6.92 Å². The molecule has 0 aliphatic carbocycles. The summed E-state index contributed by atoms with van der Waals surface area (Å²) in [4.78, 5) is 11.9. The highest BCUT2D eigenvalue weighted by molar-refractivity contribution is 7.92. The van der Waals surface area contributed by atoms with Gasteiger partial charge in [-0.25, -0.2) is 13.2 Å². The highest BCUT2D eigenvalue weighted by Crippen LogP contribution is 2.26. The van der Waals surface area contributed by atoms with E-state index in [1.54, 1.807) is 25.1 Å². The van der Waals surface area contributed by atoms with Crippen LogP contribution in [0.1, 0.15) is 35.7 Å². The van der Waals surface area contributed by atoms with E-state index in [9.17, 15) is 13.2 Å². The van der Waals surface area contributed by atoms with Crippen molar-refractivity contribution in [2.24, 2.45) is 0 Å². The van der Waals surface area contributed by atoms with Crippen LogP contribution in [0.5, 0.6) is 5.75 Å². The number of sulfonamides is 1. The Balaban J connectivity index is 2.15. The molecule has 2 aromatic carbocycles. The molecule has 7 heteroatoms. The lowest BCUT2D eigenvalue weighted by atomic mass is 10.2. The average molecular weight is 377 g/mol. The summed E-state index contributed by atoms with van der Waals surface area (Å²) in [7, 11) is -2.40. The third-order valence-corrected chi connectivity index (χ3v) is 5.12. The van der Waals surface area contributed by atoms with E-state index in [1.165, 1.54) is 31.4 Å². The number of methoxy groups -OCH3 is 1. The number of carbonyl (C=O) groups is 1. The Morgan fingerprint density at radius 2 is 1.81 bits per heavy atom. The molecule has 0 heterocycles. The van der Waals surface area contributed by atoms with E-state index < -0.39 is 16.0 Å². The molecule has 0 atom stereocenters. The summed E-state index contributed by atoms with van der Waals surface area (Å²) in [6.45, 7) is 4.19. The fourth-order valence-electron chi connectivity index (χ4n) is 2.27. The van der Waals surface area contributed by atoms with Crippen LogP contribution in [-0.2, 0) is 14.8 Å². The monoisotopic (exact) mass is 377 g/mol. The summed E-state index contributed by atoms with van der Waals surface area (Å²) < 4.78 is 38.1. The van der Waals surface area contributed by atoms with Crippen LogP contribution in [0.15, 0.2) is 47.4 Å². The maximum atomic E-state index is 12.6. The SMILES string of the molecule is CCCCOC(=O)c1ccc(NS(=O)(=O)c2cc(C)ccc2OC)cc1. The Morgan fingerprint density at radius 1 is 1.12 bits per heavy atom. The van der Waals surface area contributed by atoms with Crippen LogP contribution in [0.25, 0.3) is 0 Å². The van der Waals surface area contributed by atoms with Gasteiger partial charge in [-0.15, -0.1) is 0 Å². The minimum Gasteiger partial charge on any atom is -0.495 e. The van der Waals surface area contributed by atoms with E-state index in [4.69, 9.17) is 9.47 Å². The number of benzene rings is 2. The fraction of sp³-hybridized carbons (Fsp3) is 0.316. The van der Waals surface area contributed by atoms with Crippen molar-refractivity contribution in [3.63, 3.8) is 0 Å². The smallest absolute Gasteiger partial charge is 0.338 e. The second-order valence-electron chi connectivity index (χ2n) is 5.83. The molecule has 2 aromatic rings. The van der Waals surface area contributed by atoms with Gasteiger partial charge >= 0.3 is 5.97 Å². The average Bonchev–Trinajstić information content (AvgIpc) is 2.62. The molecule has 0 amide bonds. The van der Waals surface area contributed by atoms with Crippen molar-refractivity contribution in [3.8, 4) is 5.75 Å². The highest BCUT2D eigenvalue weighted by atomic mass is 32.2. The summed E-state index contributed by atoms with van der Waals surface area (Å²) in [6.07, 6.45) is 1.75. The Labute approximate surface area is 154 Å². The highest BCUT2D eigenvalue weighted by Gasteiger charge is 2.20. The quantitative estimate of drug-likeness (QED) is 0.559. The molecule has 0 radical (unpaired) electrons. The van der Waals surface area contributed by atoms with Gasteiger partial charge in [-0.05, 0) is 55.3 Å². The van der Waals surface area contributed by atoms with Crippen LogP contribution >= 0.6 is 0 Å². The van der Waals surface area contributed by atoms with Crippen molar-refractivity contribution in [3.05, 3.63) is 53.6 Å². The number of hydrogen-bond donors (Lipinski definition) is 1. The van der Waals surface area contributed by atoms with Crippen LogP contribution in [-0.4, -0.2) is 28.1 Å². The van der Waals surface area contributed by atoms with Gasteiger partial charge in [0.05, 0.1) is 19.3 Å². The van der Waals surface area contributed by atoms with Crippen LogP contribution in [0.4, 0.5) is 5.69 Å². The third kappa shape index (κ3) is 4.98. The zero-order chi connectivity index (χ0) is 19.2. The molecule has 0 saturated heterocycles. The molecule has 0 aliphatic rings. The minimum absolute atomic E-state index is 0.0584. The predicted molar refractivity (Wildman–Crippen MR) is 100 cm³/mol. The van der Waals surface area contributed by atoms with Crippen LogP contribution in [0.2, 0.25) is 0 Å². The third-order valence-electron chi connectivity index (χ3n) is 3.71. The lowest BCUT2D eigenvalue weighted by Gasteiger charge is -2.12. The van der Waals surface area contributed by atoms with Crippen molar-refractivity contribution in [2.75, 3.05) is 18.4 Å². The lowest BCUT2D eigenvalue weighted by Crippen LogP contribution is -2.14. The Bertz CT molecular complexity index is 860. The van der Waals surface area contributed by atoms with E-state index in [2.05, 4.69) is 4.72 Å². The standard InChI is InChI=1S/C19H23NO5S/c1-4-5-12-25-19(21)15-7-9-16(10-8-15)20-26(22,23)18-13-14(2)6-11-17(18)24-3/h6-11,13,20H,4-5,12H2,1-3H3. The predicted octanol–water partition coefficient (Wildman–Crippen LogP) is 3.76. The lowest BCUT2D eigenvalue weighted by molar-refractivity contribution is 0.0500. The maximum Gasteiger partial charge on any atom is 0.338 e. The molecule has 0 aromatic heterocycles. The first-order valence-corrected chi connectivity index (χ1v) is 9.80. The summed E-state index contributed by atoms with van der Waals surface area (Å²) >= 11 is 0. The Hall–Kier alpha value is -2.54. The van der Waals surface area contributed by atoms with Gasteiger partial charge in [-0.1, -0.05) is 19.4 Å². The summed E-state index contributed by atoms with van der Waals surface area (Å²) in [5, 5.41) is 0.